The Morgan fingerprint density at radius 2 is 1.47 bits per heavy atom. The molecule has 7 rings (SSSR count). The maximum absolute atomic E-state index is 12.5. The SMILES string of the molecule is O=C(COc1ccc2c(c1)CCCC2)OCC1CC2c3ccccc3C1c1ccccc12. The number of hydrogen-bond acceptors (Lipinski definition) is 3. The van der Waals surface area contributed by atoms with E-state index in [-0.39, 0.29) is 12.6 Å². The minimum absolute atomic E-state index is 0.0349. The van der Waals surface area contributed by atoms with Crippen molar-refractivity contribution >= 4 is 5.97 Å². The Labute approximate surface area is 189 Å². The predicted octanol–water partition coefficient (Wildman–Crippen LogP) is 5.78. The van der Waals surface area contributed by atoms with Gasteiger partial charge in [0.05, 0.1) is 6.61 Å². The number of hydrogen-bond donors (Lipinski definition) is 0. The van der Waals surface area contributed by atoms with Crippen LogP contribution in [0.2, 0.25) is 0 Å². The zero-order valence-corrected chi connectivity index (χ0v) is 18.3. The van der Waals surface area contributed by atoms with E-state index in [0.717, 1.165) is 25.0 Å². The van der Waals surface area contributed by atoms with Crippen LogP contribution in [0.1, 0.15) is 64.5 Å². The molecule has 0 heterocycles. The molecule has 162 valence electrons. The molecule has 2 bridgehead atoms. The maximum atomic E-state index is 12.5. The van der Waals surface area contributed by atoms with E-state index in [1.807, 2.05) is 6.07 Å². The first-order valence-corrected chi connectivity index (χ1v) is 11.9. The van der Waals surface area contributed by atoms with E-state index in [4.69, 9.17) is 9.47 Å². The Hall–Kier alpha value is -3.07. The third-order valence-electron chi connectivity index (χ3n) is 7.56. The smallest absolute Gasteiger partial charge is 0.344 e. The van der Waals surface area contributed by atoms with Crippen LogP contribution in [0.25, 0.3) is 0 Å². The second-order valence-electron chi connectivity index (χ2n) is 9.39. The molecule has 3 heteroatoms. The lowest BCUT2D eigenvalue weighted by molar-refractivity contribution is -0.147. The summed E-state index contributed by atoms with van der Waals surface area (Å²) < 4.78 is 11.5. The van der Waals surface area contributed by atoms with Crippen molar-refractivity contribution in [3.63, 3.8) is 0 Å². The molecule has 1 atom stereocenters. The molecule has 0 saturated heterocycles. The molecule has 0 N–H and O–H groups in total. The number of carbonyl (C=O) groups is 1. The van der Waals surface area contributed by atoms with Crippen LogP contribution in [0.3, 0.4) is 0 Å². The average molecular weight is 425 g/mol. The number of benzene rings is 3. The lowest BCUT2D eigenvalue weighted by Gasteiger charge is -2.45. The summed E-state index contributed by atoms with van der Waals surface area (Å²) in [6.07, 6.45) is 5.76. The highest BCUT2D eigenvalue weighted by Gasteiger charge is 2.43. The Morgan fingerprint density at radius 1 is 0.812 bits per heavy atom. The summed E-state index contributed by atoms with van der Waals surface area (Å²) in [5.74, 6) is 1.47. The van der Waals surface area contributed by atoms with E-state index < -0.39 is 0 Å². The van der Waals surface area contributed by atoms with Crippen LogP contribution in [0, 0.1) is 5.92 Å². The molecule has 3 nitrogen and oxygen atoms in total. The molecule has 0 fully saturated rings. The van der Waals surface area contributed by atoms with E-state index in [0.29, 0.717) is 24.4 Å². The van der Waals surface area contributed by atoms with Crippen molar-refractivity contribution in [3.05, 3.63) is 100 Å². The van der Waals surface area contributed by atoms with E-state index in [2.05, 4.69) is 60.7 Å². The molecule has 0 amide bonds. The molecular formula is C29H28O3. The van der Waals surface area contributed by atoms with Crippen LogP contribution >= 0.6 is 0 Å². The first-order valence-electron chi connectivity index (χ1n) is 11.9. The Bertz CT molecular complexity index is 1120. The van der Waals surface area contributed by atoms with Gasteiger partial charge in [-0.25, -0.2) is 4.79 Å². The number of fused-ring (bicyclic) bond motifs is 2. The Morgan fingerprint density at radius 3 is 2.19 bits per heavy atom. The van der Waals surface area contributed by atoms with Crippen molar-refractivity contribution in [1.82, 2.24) is 0 Å². The third-order valence-corrected chi connectivity index (χ3v) is 7.56. The predicted molar refractivity (Wildman–Crippen MR) is 124 cm³/mol. The molecule has 4 aliphatic carbocycles. The quantitative estimate of drug-likeness (QED) is 0.487. The van der Waals surface area contributed by atoms with Gasteiger partial charge in [-0.3, -0.25) is 0 Å². The van der Waals surface area contributed by atoms with Gasteiger partial charge in [-0.1, -0.05) is 54.6 Å². The number of ether oxygens (including phenoxy) is 2. The van der Waals surface area contributed by atoms with Gasteiger partial charge in [0.2, 0.25) is 0 Å². The van der Waals surface area contributed by atoms with Crippen molar-refractivity contribution in [2.45, 2.75) is 43.9 Å². The molecular weight excluding hydrogens is 396 g/mol. The Balaban J connectivity index is 1.12. The molecule has 0 radical (unpaired) electrons. The summed E-state index contributed by atoms with van der Waals surface area (Å²) in [5.41, 5.74) is 8.45. The number of rotatable bonds is 5. The summed E-state index contributed by atoms with van der Waals surface area (Å²) in [7, 11) is 0. The van der Waals surface area contributed by atoms with Gasteiger partial charge in [0.15, 0.2) is 6.61 Å². The highest BCUT2D eigenvalue weighted by atomic mass is 16.6. The highest BCUT2D eigenvalue weighted by Crippen LogP contribution is 2.55. The average Bonchev–Trinajstić information content (AvgIpc) is 2.86. The number of carbonyl (C=O) groups excluding carboxylic acids is 1. The van der Waals surface area contributed by atoms with Crippen LogP contribution in [0.4, 0.5) is 0 Å². The van der Waals surface area contributed by atoms with E-state index >= 15 is 0 Å². The van der Waals surface area contributed by atoms with Crippen molar-refractivity contribution in [3.8, 4) is 5.75 Å². The van der Waals surface area contributed by atoms with Gasteiger partial charge in [0.1, 0.15) is 5.75 Å². The molecule has 0 aromatic heterocycles. The van der Waals surface area contributed by atoms with E-state index in [1.165, 1.54) is 46.2 Å². The molecule has 3 aromatic carbocycles. The number of aryl methyl sites for hydroxylation is 2. The van der Waals surface area contributed by atoms with E-state index in [1.54, 1.807) is 0 Å². The highest BCUT2D eigenvalue weighted by molar-refractivity contribution is 5.71. The molecule has 32 heavy (non-hydrogen) atoms. The van der Waals surface area contributed by atoms with Gasteiger partial charge in [0, 0.05) is 17.8 Å². The topological polar surface area (TPSA) is 35.5 Å². The molecule has 0 aliphatic heterocycles. The monoisotopic (exact) mass is 424 g/mol. The van der Waals surface area contributed by atoms with Crippen molar-refractivity contribution in [2.75, 3.05) is 13.2 Å². The minimum atomic E-state index is -0.286. The number of esters is 1. The van der Waals surface area contributed by atoms with E-state index in [9.17, 15) is 4.79 Å². The normalized spacial score (nSPS) is 22.4. The lowest BCUT2D eigenvalue weighted by atomic mass is 9.59. The fourth-order valence-corrected chi connectivity index (χ4v) is 6.11. The maximum Gasteiger partial charge on any atom is 0.344 e. The molecule has 3 aromatic rings. The van der Waals surface area contributed by atoms with Crippen molar-refractivity contribution < 1.29 is 14.3 Å². The summed E-state index contributed by atoms with van der Waals surface area (Å²) in [6, 6.07) is 23.7. The van der Waals surface area contributed by atoms with Gasteiger partial charge in [-0.2, -0.15) is 0 Å². The zero-order valence-electron chi connectivity index (χ0n) is 18.3. The second-order valence-corrected chi connectivity index (χ2v) is 9.39. The molecule has 0 spiro atoms. The lowest BCUT2D eigenvalue weighted by Crippen LogP contribution is -2.35. The van der Waals surface area contributed by atoms with Gasteiger partial charge in [0.25, 0.3) is 0 Å². The van der Waals surface area contributed by atoms with Crippen LogP contribution < -0.4 is 4.74 Å². The first kappa shape index (κ1) is 19.6. The minimum Gasteiger partial charge on any atom is -0.482 e. The fourth-order valence-electron chi connectivity index (χ4n) is 6.11. The van der Waals surface area contributed by atoms with Gasteiger partial charge >= 0.3 is 5.97 Å². The summed E-state index contributed by atoms with van der Waals surface area (Å²) >= 11 is 0. The zero-order chi connectivity index (χ0) is 21.5. The molecule has 4 aliphatic rings. The molecule has 1 unspecified atom stereocenters. The van der Waals surface area contributed by atoms with Crippen LogP contribution in [-0.2, 0) is 22.4 Å². The second kappa shape index (κ2) is 8.12. The van der Waals surface area contributed by atoms with Crippen LogP contribution in [0.15, 0.2) is 66.7 Å². The fraction of sp³-hybridized carbons (Fsp3) is 0.345. The van der Waals surface area contributed by atoms with Crippen LogP contribution in [0.5, 0.6) is 5.75 Å². The van der Waals surface area contributed by atoms with Crippen LogP contribution in [-0.4, -0.2) is 19.2 Å². The third kappa shape index (κ3) is 3.40. The molecule has 0 saturated carbocycles. The first-order chi connectivity index (χ1) is 15.8. The Kier molecular flexibility index (Phi) is 4.98. The summed E-state index contributed by atoms with van der Waals surface area (Å²) in [5, 5.41) is 0. The van der Waals surface area contributed by atoms with Crippen molar-refractivity contribution in [1.29, 1.82) is 0 Å². The van der Waals surface area contributed by atoms with Gasteiger partial charge in [-0.15, -0.1) is 0 Å². The summed E-state index contributed by atoms with van der Waals surface area (Å²) in [6.45, 7) is 0.406. The van der Waals surface area contributed by atoms with Gasteiger partial charge < -0.3 is 9.47 Å². The van der Waals surface area contributed by atoms with Crippen molar-refractivity contribution in [2.24, 2.45) is 5.92 Å². The van der Waals surface area contributed by atoms with Gasteiger partial charge in [-0.05, 0) is 77.6 Å². The largest absolute Gasteiger partial charge is 0.482 e. The summed E-state index contributed by atoms with van der Waals surface area (Å²) in [4.78, 5) is 12.5. The standard InChI is InChI=1S/C29H28O3/c30-28(18-31-22-14-13-19-7-1-2-8-20(19)15-22)32-17-21-16-27-23-9-3-5-11-25(23)29(21)26-12-6-4-10-24(26)27/h3-6,9-15,21,27,29H,1-2,7-8,16-18H2.